The number of nitrogens with one attached hydrogen (secondary N) is 1. The van der Waals surface area contributed by atoms with Gasteiger partial charge in [0.15, 0.2) is 0 Å². The van der Waals surface area contributed by atoms with E-state index >= 15 is 0 Å². The molecule has 150 valence electrons. The van der Waals surface area contributed by atoms with Gasteiger partial charge < -0.3 is 9.64 Å². The Bertz CT molecular complexity index is 923. The molecule has 28 heavy (non-hydrogen) atoms. The van der Waals surface area contributed by atoms with Crippen LogP contribution >= 0.6 is 0 Å². The highest BCUT2D eigenvalue weighted by Gasteiger charge is 2.26. The Labute approximate surface area is 166 Å². The topological polar surface area (TPSA) is 75.7 Å². The fourth-order valence-corrected chi connectivity index (χ4v) is 4.77. The first-order valence-electron chi connectivity index (χ1n) is 9.51. The van der Waals surface area contributed by atoms with Crippen molar-refractivity contribution in [2.24, 2.45) is 0 Å². The normalized spacial score (nSPS) is 15.4. The van der Waals surface area contributed by atoms with Gasteiger partial charge in [-0.2, -0.15) is 0 Å². The Balaban J connectivity index is 1.91. The molecule has 1 heterocycles. The molecule has 1 N–H and O–H groups in total. The summed E-state index contributed by atoms with van der Waals surface area (Å²) in [5, 5.41) is 0. The van der Waals surface area contributed by atoms with Crippen LogP contribution < -0.4 is 9.46 Å². The van der Waals surface area contributed by atoms with Crippen molar-refractivity contribution in [1.29, 1.82) is 0 Å². The molecular weight excluding hydrogens is 376 g/mol. The predicted octanol–water partition coefficient (Wildman–Crippen LogP) is 3.36. The number of carbonyl (C=O) groups excluding carboxylic acids is 1. The Kier molecular flexibility index (Phi) is 6.36. The highest BCUT2D eigenvalue weighted by molar-refractivity contribution is 7.89. The van der Waals surface area contributed by atoms with Crippen molar-refractivity contribution in [2.45, 2.75) is 37.1 Å². The van der Waals surface area contributed by atoms with E-state index in [1.54, 1.807) is 11.0 Å². The van der Waals surface area contributed by atoms with E-state index in [0.29, 0.717) is 25.3 Å². The van der Waals surface area contributed by atoms with Crippen LogP contribution in [0.25, 0.3) is 0 Å². The van der Waals surface area contributed by atoms with Gasteiger partial charge in [-0.1, -0.05) is 37.3 Å². The summed E-state index contributed by atoms with van der Waals surface area (Å²) in [5.41, 5.74) is 1.18. The van der Waals surface area contributed by atoms with Gasteiger partial charge in [-0.3, -0.25) is 4.79 Å². The summed E-state index contributed by atoms with van der Waals surface area (Å²) in [6, 6.07) is 13.5. The minimum atomic E-state index is -3.80. The molecule has 0 saturated carbocycles. The average Bonchev–Trinajstić information content (AvgIpc) is 3.26. The van der Waals surface area contributed by atoms with E-state index in [1.807, 2.05) is 37.3 Å². The average molecular weight is 403 g/mol. The number of hydrogen-bond acceptors (Lipinski definition) is 4. The lowest BCUT2D eigenvalue weighted by Crippen LogP contribution is -2.30. The van der Waals surface area contributed by atoms with Crippen molar-refractivity contribution in [3.63, 3.8) is 0 Å². The molecule has 2 aromatic rings. The number of amides is 1. The smallest absolute Gasteiger partial charge is 0.257 e. The van der Waals surface area contributed by atoms with E-state index in [-0.39, 0.29) is 22.4 Å². The molecule has 0 bridgehead atoms. The van der Waals surface area contributed by atoms with Gasteiger partial charge in [0, 0.05) is 19.1 Å². The van der Waals surface area contributed by atoms with Gasteiger partial charge in [-0.25, -0.2) is 13.1 Å². The van der Waals surface area contributed by atoms with Crippen LogP contribution in [0.15, 0.2) is 53.4 Å². The van der Waals surface area contributed by atoms with Gasteiger partial charge in [0.05, 0.1) is 17.6 Å². The number of methoxy groups -OCH3 is 1. The van der Waals surface area contributed by atoms with E-state index in [9.17, 15) is 13.2 Å². The lowest BCUT2D eigenvalue weighted by atomic mass is 10.1. The number of carbonyl (C=O) groups is 1. The highest BCUT2D eigenvalue weighted by Crippen LogP contribution is 2.27. The zero-order valence-electron chi connectivity index (χ0n) is 16.2. The van der Waals surface area contributed by atoms with E-state index in [1.165, 1.54) is 19.2 Å². The summed E-state index contributed by atoms with van der Waals surface area (Å²) < 4.78 is 34.0. The largest absolute Gasteiger partial charge is 0.496 e. The fourth-order valence-electron chi connectivity index (χ4n) is 3.44. The zero-order chi connectivity index (χ0) is 20.1. The number of nitrogens with zero attached hydrogens (tertiary/aromatic N) is 1. The summed E-state index contributed by atoms with van der Waals surface area (Å²) >= 11 is 0. The molecule has 1 amide bonds. The Morgan fingerprint density at radius 1 is 1.14 bits per heavy atom. The third kappa shape index (κ3) is 4.36. The van der Waals surface area contributed by atoms with Gasteiger partial charge >= 0.3 is 0 Å². The van der Waals surface area contributed by atoms with E-state index in [2.05, 4.69) is 4.72 Å². The number of sulfonamides is 1. The molecule has 6 nitrogen and oxygen atoms in total. The second-order valence-electron chi connectivity index (χ2n) is 6.85. The van der Waals surface area contributed by atoms with Gasteiger partial charge in [0.25, 0.3) is 5.91 Å². The van der Waals surface area contributed by atoms with Crippen LogP contribution in [0.5, 0.6) is 5.75 Å². The lowest BCUT2D eigenvalue weighted by Gasteiger charge is -2.20. The van der Waals surface area contributed by atoms with Crippen molar-refractivity contribution >= 4 is 15.9 Å². The predicted molar refractivity (Wildman–Crippen MR) is 108 cm³/mol. The molecule has 1 aliphatic heterocycles. The third-order valence-corrected chi connectivity index (χ3v) is 6.48. The van der Waals surface area contributed by atoms with Crippen LogP contribution in [0.1, 0.15) is 48.1 Å². The van der Waals surface area contributed by atoms with Gasteiger partial charge in [-0.15, -0.1) is 0 Å². The highest BCUT2D eigenvalue weighted by atomic mass is 32.2. The molecular formula is C21H26N2O4S. The van der Waals surface area contributed by atoms with Crippen LogP contribution in [0, 0.1) is 0 Å². The number of likely N-dealkylation sites (tertiary alicyclic amines) is 1. The lowest BCUT2D eigenvalue weighted by molar-refractivity contribution is 0.0789. The van der Waals surface area contributed by atoms with E-state index < -0.39 is 10.0 Å². The molecule has 7 heteroatoms. The molecule has 0 aromatic heterocycles. The standard InChI is InChI=1S/C21H26N2O4S/c1-3-19(16-9-5-4-6-10-16)22-28(25,26)17-11-12-20(27-2)18(15-17)21(24)23-13-7-8-14-23/h4-6,9-12,15,19,22H,3,7-8,13-14H2,1-2H3. The number of rotatable bonds is 7. The minimum Gasteiger partial charge on any atom is -0.496 e. The first kappa shape index (κ1) is 20.4. The van der Waals surface area contributed by atoms with Crippen molar-refractivity contribution in [2.75, 3.05) is 20.2 Å². The minimum absolute atomic E-state index is 0.0604. The summed E-state index contributed by atoms with van der Waals surface area (Å²) in [7, 11) is -2.32. The molecule has 0 aliphatic carbocycles. The Morgan fingerprint density at radius 3 is 2.43 bits per heavy atom. The summed E-state index contributed by atoms with van der Waals surface area (Å²) in [5.74, 6) is 0.187. The second kappa shape index (κ2) is 8.75. The summed E-state index contributed by atoms with van der Waals surface area (Å²) in [6.45, 7) is 3.29. The molecule has 1 fully saturated rings. The van der Waals surface area contributed by atoms with Gasteiger partial charge in [-0.05, 0) is 43.0 Å². The van der Waals surface area contributed by atoms with E-state index in [4.69, 9.17) is 4.74 Å². The first-order valence-corrected chi connectivity index (χ1v) is 11.0. The zero-order valence-corrected chi connectivity index (χ0v) is 17.0. The maximum absolute atomic E-state index is 13.0. The molecule has 1 saturated heterocycles. The molecule has 1 aliphatic rings. The van der Waals surface area contributed by atoms with Gasteiger partial charge in [0.1, 0.15) is 5.75 Å². The maximum Gasteiger partial charge on any atom is 0.257 e. The van der Waals surface area contributed by atoms with Gasteiger partial charge in [0.2, 0.25) is 10.0 Å². The number of hydrogen-bond donors (Lipinski definition) is 1. The number of benzene rings is 2. The number of ether oxygens (including phenoxy) is 1. The van der Waals surface area contributed by atoms with Crippen molar-refractivity contribution < 1.29 is 17.9 Å². The maximum atomic E-state index is 13.0. The Morgan fingerprint density at radius 2 is 1.82 bits per heavy atom. The second-order valence-corrected chi connectivity index (χ2v) is 8.57. The van der Waals surface area contributed by atoms with Crippen molar-refractivity contribution in [1.82, 2.24) is 9.62 Å². The van der Waals surface area contributed by atoms with E-state index in [0.717, 1.165) is 18.4 Å². The molecule has 2 aromatic carbocycles. The first-order chi connectivity index (χ1) is 13.5. The molecule has 3 rings (SSSR count). The third-order valence-electron chi connectivity index (χ3n) is 5.01. The molecule has 1 atom stereocenters. The molecule has 1 unspecified atom stereocenters. The van der Waals surface area contributed by atoms with Crippen LogP contribution in [-0.4, -0.2) is 39.4 Å². The van der Waals surface area contributed by atoms with Crippen molar-refractivity contribution in [3.8, 4) is 5.75 Å². The quantitative estimate of drug-likeness (QED) is 0.771. The monoisotopic (exact) mass is 402 g/mol. The summed E-state index contributed by atoms with van der Waals surface area (Å²) in [4.78, 5) is 14.6. The van der Waals surface area contributed by atoms with Crippen LogP contribution in [0.2, 0.25) is 0 Å². The molecule has 0 spiro atoms. The summed E-state index contributed by atoms with van der Waals surface area (Å²) in [6.07, 6.45) is 2.53. The Hall–Kier alpha value is -2.38. The fraction of sp³-hybridized carbons (Fsp3) is 0.381. The molecule has 0 radical (unpaired) electrons. The van der Waals surface area contributed by atoms with Crippen LogP contribution in [0.3, 0.4) is 0 Å². The van der Waals surface area contributed by atoms with Crippen LogP contribution in [0.4, 0.5) is 0 Å². The van der Waals surface area contributed by atoms with Crippen molar-refractivity contribution in [3.05, 3.63) is 59.7 Å². The SMILES string of the molecule is CCC(NS(=O)(=O)c1ccc(OC)c(C(=O)N2CCCC2)c1)c1ccccc1. The van der Waals surface area contributed by atoms with Crippen LogP contribution in [-0.2, 0) is 10.0 Å².